The number of likely N-dealkylation sites (N-methyl/N-ethyl adjacent to an activating group) is 2. The van der Waals surface area contributed by atoms with E-state index in [0.29, 0.717) is 11.4 Å². The highest BCUT2D eigenvalue weighted by atomic mass is 32.2. The van der Waals surface area contributed by atoms with Crippen LogP contribution in [-0.4, -0.2) is 57.8 Å². The van der Waals surface area contributed by atoms with E-state index < -0.39 is 22.0 Å². The number of anilines is 1. The molecule has 8 nitrogen and oxygen atoms in total. The Bertz CT molecular complexity index is 1290. The van der Waals surface area contributed by atoms with Gasteiger partial charge in [-0.15, -0.1) is 0 Å². The largest absolute Gasteiger partial charge is 0.477 e. The molecule has 0 radical (unpaired) electrons. The molecule has 1 aliphatic rings. The lowest BCUT2D eigenvalue weighted by Gasteiger charge is -2.34. The van der Waals surface area contributed by atoms with Crippen molar-refractivity contribution in [3.05, 3.63) is 66.7 Å². The van der Waals surface area contributed by atoms with Crippen LogP contribution in [0.3, 0.4) is 0 Å². The molecule has 0 aromatic heterocycles. The third-order valence-electron chi connectivity index (χ3n) is 5.40. The molecule has 32 heavy (non-hydrogen) atoms. The number of ether oxygens (including phenoxy) is 1. The Balaban J connectivity index is 1.58. The Labute approximate surface area is 186 Å². The Morgan fingerprint density at radius 1 is 1.06 bits per heavy atom. The first-order chi connectivity index (χ1) is 15.3. The Morgan fingerprint density at radius 2 is 1.75 bits per heavy atom. The van der Waals surface area contributed by atoms with Crippen LogP contribution >= 0.6 is 0 Å². The van der Waals surface area contributed by atoms with Gasteiger partial charge >= 0.3 is 0 Å². The molecule has 4 rings (SSSR count). The molecule has 0 saturated heterocycles. The molecule has 1 aliphatic heterocycles. The topological polar surface area (TPSA) is 96.0 Å². The van der Waals surface area contributed by atoms with Crippen LogP contribution in [0.4, 0.5) is 5.69 Å². The third kappa shape index (κ3) is 4.04. The van der Waals surface area contributed by atoms with Crippen molar-refractivity contribution < 1.29 is 22.7 Å². The van der Waals surface area contributed by atoms with Gasteiger partial charge in [0.05, 0.1) is 23.7 Å². The number of hydrogen-bond acceptors (Lipinski definition) is 5. The van der Waals surface area contributed by atoms with E-state index in [9.17, 15) is 18.0 Å². The fraction of sp³-hybridized carbons (Fsp3) is 0.217. The van der Waals surface area contributed by atoms with Gasteiger partial charge < -0.3 is 15.0 Å². The summed E-state index contributed by atoms with van der Waals surface area (Å²) in [4.78, 5) is 26.8. The van der Waals surface area contributed by atoms with Crippen LogP contribution in [0.5, 0.6) is 5.75 Å². The fourth-order valence-electron chi connectivity index (χ4n) is 3.64. The fourth-order valence-corrected chi connectivity index (χ4v) is 4.79. The lowest BCUT2D eigenvalue weighted by atomic mass is 10.1. The molecule has 0 fully saturated rings. The van der Waals surface area contributed by atoms with Crippen LogP contribution in [0.25, 0.3) is 10.8 Å². The van der Waals surface area contributed by atoms with Crippen molar-refractivity contribution in [1.82, 2.24) is 9.62 Å². The van der Waals surface area contributed by atoms with Gasteiger partial charge in [-0.25, -0.2) is 8.42 Å². The maximum Gasteiger partial charge on any atom is 0.262 e. The Kier molecular flexibility index (Phi) is 5.86. The average molecular weight is 454 g/mol. The van der Waals surface area contributed by atoms with Crippen molar-refractivity contribution in [3.63, 3.8) is 0 Å². The zero-order chi connectivity index (χ0) is 22.9. The van der Waals surface area contributed by atoms with Crippen molar-refractivity contribution >= 4 is 38.3 Å². The van der Waals surface area contributed by atoms with Gasteiger partial charge in [-0.2, -0.15) is 4.31 Å². The van der Waals surface area contributed by atoms with Crippen LogP contribution in [0.2, 0.25) is 0 Å². The molecule has 1 heterocycles. The van der Waals surface area contributed by atoms with Gasteiger partial charge in [-0.3, -0.25) is 9.59 Å². The van der Waals surface area contributed by atoms with E-state index in [0.717, 1.165) is 15.1 Å². The lowest BCUT2D eigenvalue weighted by molar-refractivity contribution is -0.127. The molecule has 3 aromatic rings. The molecular weight excluding hydrogens is 430 g/mol. The van der Waals surface area contributed by atoms with E-state index in [1.54, 1.807) is 36.4 Å². The smallest absolute Gasteiger partial charge is 0.262 e. The molecule has 1 N–H and O–H groups in total. The van der Waals surface area contributed by atoms with Crippen LogP contribution in [-0.2, 0) is 19.6 Å². The normalized spacial score (nSPS) is 15.8. The second-order valence-electron chi connectivity index (χ2n) is 7.46. The molecule has 1 atom stereocenters. The van der Waals surface area contributed by atoms with Gasteiger partial charge in [0.2, 0.25) is 15.9 Å². The molecule has 166 valence electrons. The number of amides is 2. The van der Waals surface area contributed by atoms with Gasteiger partial charge in [0.25, 0.3) is 5.91 Å². The SMILES string of the molecule is CNC(=O)C1CN(C(=O)CN(C)S(=O)(=O)c2ccc3ccccc3c2)c2ccccc2O1. The minimum absolute atomic E-state index is 0.0145. The number of nitrogens with one attached hydrogen (secondary N) is 1. The summed E-state index contributed by atoms with van der Waals surface area (Å²) in [6.07, 6.45) is -0.888. The summed E-state index contributed by atoms with van der Waals surface area (Å²) in [6.45, 7) is -0.399. The Hall–Kier alpha value is -3.43. The van der Waals surface area contributed by atoms with E-state index in [4.69, 9.17) is 4.74 Å². The maximum atomic E-state index is 13.2. The van der Waals surface area contributed by atoms with Crippen LogP contribution in [0, 0.1) is 0 Å². The van der Waals surface area contributed by atoms with E-state index in [2.05, 4.69) is 5.32 Å². The summed E-state index contributed by atoms with van der Waals surface area (Å²) < 4.78 is 33.0. The molecule has 3 aromatic carbocycles. The predicted molar refractivity (Wildman–Crippen MR) is 121 cm³/mol. The van der Waals surface area contributed by atoms with Gasteiger partial charge in [-0.05, 0) is 35.0 Å². The summed E-state index contributed by atoms with van der Waals surface area (Å²) in [6, 6.07) is 19.2. The highest BCUT2D eigenvalue weighted by molar-refractivity contribution is 7.89. The van der Waals surface area contributed by atoms with Gasteiger partial charge in [0.15, 0.2) is 6.10 Å². The second kappa shape index (κ2) is 8.60. The number of benzene rings is 3. The number of sulfonamides is 1. The van der Waals surface area contributed by atoms with E-state index >= 15 is 0 Å². The first-order valence-electron chi connectivity index (χ1n) is 10.0. The highest BCUT2D eigenvalue weighted by Crippen LogP contribution is 2.33. The second-order valence-corrected chi connectivity index (χ2v) is 9.51. The minimum atomic E-state index is -3.90. The molecule has 0 aliphatic carbocycles. The van der Waals surface area contributed by atoms with Crippen molar-refractivity contribution in [2.45, 2.75) is 11.0 Å². The Morgan fingerprint density at radius 3 is 2.50 bits per heavy atom. The number of nitrogens with zero attached hydrogens (tertiary/aromatic N) is 2. The standard InChI is InChI=1S/C23H23N3O5S/c1-24-23(28)21-14-26(19-9-5-6-10-20(19)31-21)22(27)15-25(2)32(29,30)18-12-11-16-7-3-4-8-17(16)13-18/h3-13,21H,14-15H2,1-2H3,(H,24,28). The van der Waals surface area contributed by atoms with E-state index in [-0.39, 0.29) is 23.9 Å². The van der Waals surface area contributed by atoms with Gasteiger partial charge in [0.1, 0.15) is 5.75 Å². The first kappa shape index (κ1) is 21.8. The van der Waals surface area contributed by atoms with Gasteiger partial charge in [0, 0.05) is 14.1 Å². The van der Waals surface area contributed by atoms with Crippen LogP contribution in [0.15, 0.2) is 71.6 Å². The summed E-state index contributed by atoms with van der Waals surface area (Å²) >= 11 is 0. The summed E-state index contributed by atoms with van der Waals surface area (Å²) in [5.41, 5.74) is 0.495. The number of carbonyl (C=O) groups excluding carboxylic acids is 2. The van der Waals surface area contributed by atoms with Crippen molar-refractivity contribution in [2.24, 2.45) is 0 Å². The molecule has 0 bridgehead atoms. The van der Waals surface area contributed by atoms with Crippen molar-refractivity contribution in [3.8, 4) is 5.75 Å². The average Bonchev–Trinajstić information content (AvgIpc) is 2.82. The third-order valence-corrected chi connectivity index (χ3v) is 7.20. The number of carbonyl (C=O) groups is 2. The zero-order valence-corrected chi connectivity index (χ0v) is 18.5. The van der Waals surface area contributed by atoms with Crippen LogP contribution < -0.4 is 15.0 Å². The maximum absolute atomic E-state index is 13.2. The van der Waals surface area contributed by atoms with Crippen molar-refractivity contribution in [2.75, 3.05) is 32.1 Å². The van der Waals surface area contributed by atoms with Crippen LogP contribution in [0.1, 0.15) is 0 Å². The summed E-state index contributed by atoms with van der Waals surface area (Å²) in [5, 5.41) is 4.24. The number of para-hydroxylation sites is 2. The number of fused-ring (bicyclic) bond motifs is 2. The van der Waals surface area contributed by atoms with Crippen molar-refractivity contribution in [1.29, 1.82) is 0 Å². The molecule has 1 unspecified atom stereocenters. The monoisotopic (exact) mass is 453 g/mol. The molecule has 0 saturated carbocycles. The highest BCUT2D eigenvalue weighted by Gasteiger charge is 2.35. The van der Waals surface area contributed by atoms with E-state index in [1.807, 2.05) is 24.3 Å². The zero-order valence-electron chi connectivity index (χ0n) is 17.7. The van der Waals surface area contributed by atoms with E-state index in [1.165, 1.54) is 25.1 Å². The lowest BCUT2D eigenvalue weighted by Crippen LogP contribution is -2.52. The number of hydrogen-bond donors (Lipinski definition) is 1. The molecule has 2 amide bonds. The van der Waals surface area contributed by atoms with Gasteiger partial charge in [-0.1, -0.05) is 42.5 Å². The molecular formula is C23H23N3O5S. The summed E-state index contributed by atoms with van der Waals surface area (Å²) in [7, 11) is -1.05. The first-order valence-corrected chi connectivity index (χ1v) is 11.5. The molecule has 9 heteroatoms. The number of rotatable bonds is 5. The quantitative estimate of drug-likeness (QED) is 0.638. The molecule has 0 spiro atoms. The summed E-state index contributed by atoms with van der Waals surface area (Å²) in [5.74, 6) is -0.434. The predicted octanol–water partition coefficient (Wildman–Crippen LogP) is 2.00. The minimum Gasteiger partial charge on any atom is -0.477 e.